The van der Waals surface area contributed by atoms with Crippen molar-refractivity contribution < 1.29 is 4.79 Å². The van der Waals surface area contributed by atoms with Gasteiger partial charge in [0.05, 0.1) is 16.9 Å². The first-order valence-electron chi connectivity index (χ1n) is 6.86. The van der Waals surface area contributed by atoms with Gasteiger partial charge in [-0.05, 0) is 25.8 Å². The molecule has 7 heteroatoms. The third kappa shape index (κ3) is 3.85. The summed E-state index contributed by atoms with van der Waals surface area (Å²) < 4.78 is 0. The Morgan fingerprint density at radius 3 is 2.90 bits per heavy atom. The summed E-state index contributed by atoms with van der Waals surface area (Å²) in [4.78, 5) is 32.8. The average molecular weight is 325 g/mol. The summed E-state index contributed by atoms with van der Waals surface area (Å²) >= 11 is 2.99. The maximum atomic E-state index is 12.1. The molecule has 0 aliphatic rings. The van der Waals surface area contributed by atoms with Gasteiger partial charge in [-0.15, -0.1) is 23.1 Å². The van der Waals surface area contributed by atoms with E-state index in [9.17, 15) is 9.59 Å². The predicted octanol–water partition coefficient (Wildman–Crippen LogP) is 2.36. The Hall–Kier alpha value is -1.34. The average Bonchev–Trinajstić information content (AvgIpc) is 2.72. The van der Waals surface area contributed by atoms with Crippen molar-refractivity contribution >= 4 is 39.2 Å². The Labute approximate surface area is 131 Å². The number of amides is 1. The number of nitrogens with one attached hydrogen (secondary N) is 2. The van der Waals surface area contributed by atoms with Crippen molar-refractivity contribution in [2.24, 2.45) is 0 Å². The quantitative estimate of drug-likeness (QED) is 0.855. The summed E-state index contributed by atoms with van der Waals surface area (Å²) in [5.74, 6) is 1.56. The Morgan fingerprint density at radius 2 is 2.19 bits per heavy atom. The van der Waals surface area contributed by atoms with Crippen LogP contribution in [0.3, 0.4) is 0 Å². The van der Waals surface area contributed by atoms with Crippen LogP contribution in [-0.4, -0.2) is 28.2 Å². The van der Waals surface area contributed by atoms with Gasteiger partial charge in [0.25, 0.3) is 5.56 Å². The molecule has 0 atom stereocenters. The highest BCUT2D eigenvalue weighted by molar-refractivity contribution is 7.99. The molecule has 2 N–H and O–H groups in total. The number of carbonyl (C=O) groups excluding carboxylic acids is 1. The molecule has 0 fully saturated rings. The number of fused-ring (bicyclic) bond motifs is 1. The van der Waals surface area contributed by atoms with E-state index < -0.39 is 0 Å². The number of carbonyl (C=O) groups is 1. The van der Waals surface area contributed by atoms with E-state index in [1.165, 1.54) is 23.1 Å². The fraction of sp³-hybridized carbons (Fsp3) is 0.500. The Morgan fingerprint density at radius 1 is 1.43 bits per heavy atom. The van der Waals surface area contributed by atoms with Crippen LogP contribution in [0.5, 0.6) is 0 Å². The van der Waals surface area contributed by atoms with Crippen LogP contribution in [0.1, 0.15) is 29.6 Å². The van der Waals surface area contributed by atoms with E-state index in [0.29, 0.717) is 29.3 Å². The highest BCUT2D eigenvalue weighted by Gasteiger charge is 2.12. The molecule has 2 heterocycles. The van der Waals surface area contributed by atoms with Crippen LogP contribution >= 0.6 is 23.1 Å². The van der Waals surface area contributed by atoms with Gasteiger partial charge in [-0.2, -0.15) is 0 Å². The lowest BCUT2D eigenvalue weighted by Gasteiger charge is -2.03. The number of H-pyrrole nitrogens is 1. The van der Waals surface area contributed by atoms with E-state index in [4.69, 9.17) is 0 Å². The highest BCUT2D eigenvalue weighted by Crippen LogP contribution is 2.26. The molecule has 0 saturated carbocycles. The van der Waals surface area contributed by atoms with Crippen molar-refractivity contribution in [1.29, 1.82) is 0 Å². The monoisotopic (exact) mass is 325 g/mol. The molecular weight excluding hydrogens is 306 g/mol. The van der Waals surface area contributed by atoms with Gasteiger partial charge < -0.3 is 10.3 Å². The smallest absolute Gasteiger partial charge is 0.259 e. The van der Waals surface area contributed by atoms with Gasteiger partial charge in [0, 0.05) is 11.4 Å². The van der Waals surface area contributed by atoms with Crippen LogP contribution in [-0.2, 0) is 10.5 Å². The molecule has 2 aromatic heterocycles. The van der Waals surface area contributed by atoms with E-state index in [1.54, 1.807) is 0 Å². The molecule has 21 heavy (non-hydrogen) atoms. The van der Waals surface area contributed by atoms with Gasteiger partial charge in [-0.1, -0.05) is 6.92 Å². The molecule has 0 spiro atoms. The van der Waals surface area contributed by atoms with E-state index in [0.717, 1.165) is 21.7 Å². The zero-order chi connectivity index (χ0) is 15.4. The minimum absolute atomic E-state index is 0.0214. The number of hydrogen-bond acceptors (Lipinski definition) is 5. The third-order valence-electron chi connectivity index (χ3n) is 3.13. The SMILES string of the molecule is CCCNC(=O)CSCc1nc2sc(C)c(C)c2c(=O)[nH]1. The summed E-state index contributed by atoms with van der Waals surface area (Å²) in [6, 6.07) is 0. The maximum Gasteiger partial charge on any atom is 0.259 e. The molecule has 0 aromatic carbocycles. The van der Waals surface area contributed by atoms with Gasteiger partial charge >= 0.3 is 0 Å². The number of nitrogens with zero attached hydrogens (tertiary/aromatic N) is 1. The second kappa shape index (κ2) is 7.09. The molecule has 114 valence electrons. The van der Waals surface area contributed by atoms with Gasteiger partial charge in [0.2, 0.25) is 5.91 Å². The maximum absolute atomic E-state index is 12.1. The Kier molecular flexibility index (Phi) is 5.41. The number of aromatic nitrogens is 2. The molecule has 0 unspecified atom stereocenters. The van der Waals surface area contributed by atoms with E-state index >= 15 is 0 Å². The van der Waals surface area contributed by atoms with Gasteiger partial charge in [0.1, 0.15) is 10.7 Å². The first-order chi connectivity index (χ1) is 10.0. The standard InChI is InChI=1S/C14H19N3O2S2/c1-4-5-15-11(18)7-20-6-10-16-13(19)12-8(2)9(3)21-14(12)17-10/h4-7H2,1-3H3,(H,15,18)(H,16,17,19). The summed E-state index contributed by atoms with van der Waals surface area (Å²) in [5, 5.41) is 3.51. The second-order valence-corrected chi connectivity index (χ2v) is 7.01. The fourth-order valence-corrected chi connectivity index (χ4v) is 3.69. The van der Waals surface area contributed by atoms with Crippen LogP contribution in [0.2, 0.25) is 0 Å². The predicted molar refractivity (Wildman–Crippen MR) is 89.2 cm³/mol. The van der Waals surface area contributed by atoms with Crippen LogP contribution in [0, 0.1) is 13.8 Å². The molecule has 5 nitrogen and oxygen atoms in total. The molecule has 0 saturated heterocycles. The first kappa shape index (κ1) is 16.0. The zero-order valence-corrected chi connectivity index (χ0v) is 14.0. The molecule has 2 rings (SSSR count). The van der Waals surface area contributed by atoms with Crippen molar-refractivity contribution in [3.63, 3.8) is 0 Å². The van der Waals surface area contributed by atoms with Crippen LogP contribution in [0.15, 0.2) is 4.79 Å². The van der Waals surface area contributed by atoms with E-state index in [2.05, 4.69) is 15.3 Å². The number of thioether (sulfide) groups is 1. The largest absolute Gasteiger partial charge is 0.355 e. The Bertz CT molecular complexity index is 706. The zero-order valence-electron chi connectivity index (χ0n) is 12.4. The number of hydrogen-bond donors (Lipinski definition) is 2. The lowest BCUT2D eigenvalue weighted by Crippen LogP contribution is -2.25. The van der Waals surface area contributed by atoms with Gasteiger partial charge in [0.15, 0.2) is 0 Å². The first-order valence-corrected chi connectivity index (χ1v) is 8.83. The second-order valence-electron chi connectivity index (χ2n) is 4.82. The highest BCUT2D eigenvalue weighted by atomic mass is 32.2. The number of rotatable bonds is 6. The summed E-state index contributed by atoms with van der Waals surface area (Å²) in [6.07, 6.45) is 0.930. The van der Waals surface area contributed by atoms with Crippen molar-refractivity contribution in [2.75, 3.05) is 12.3 Å². The van der Waals surface area contributed by atoms with Gasteiger partial charge in [-0.25, -0.2) is 4.98 Å². The fourth-order valence-electron chi connectivity index (χ4n) is 1.92. The molecule has 0 bridgehead atoms. The van der Waals surface area contributed by atoms with Crippen molar-refractivity contribution in [2.45, 2.75) is 32.9 Å². The van der Waals surface area contributed by atoms with Crippen LogP contribution in [0.4, 0.5) is 0 Å². The molecular formula is C14H19N3O2S2. The molecule has 2 aromatic rings. The lowest BCUT2D eigenvalue weighted by molar-refractivity contribution is -0.118. The minimum Gasteiger partial charge on any atom is -0.355 e. The van der Waals surface area contributed by atoms with E-state index in [-0.39, 0.29) is 11.5 Å². The van der Waals surface area contributed by atoms with E-state index in [1.807, 2.05) is 20.8 Å². The number of thiophene rings is 1. The Balaban J connectivity index is 2.03. The van der Waals surface area contributed by atoms with Crippen molar-refractivity contribution in [3.05, 3.63) is 26.6 Å². The van der Waals surface area contributed by atoms with Gasteiger partial charge in [-0.3, -0.25) is 9.59 Å². The number of aryl methyl sites for hydroxylation is 2. The summed E-state index contributed by atoms with van der Waals surface area (Å²) in [6.45, 7) is 6.65. The third-order valence-corrected chi connectivity index (χ3v) is 5.18. The lowest BCUT2D eigenvalue weighted by atomic mass is 10.2. The van der Waals surface area contributed by atoms with Crippen molar-refractivity contribution in [3.8, 4) is 0 Å². The van der Waals surface area contributed by atoms with Crippen LogP contribution < -0.4 is 10.9 Å². The molecule has 0 aliphatic carbocycles. The molecule has 0 aliphatic heterocycles. The summed E-state index contributed by atoms with van der Waals surface area (Å²) in [7, 11) is 0. The number of aromatic amines is 1. The topological polar surface area (TPSA) is 74.8 Å². The van der Waals surface area contributed by atoms with Crippen molar-refractivity contribution in [1.82, 2.24) is 15.3 Å². The van der Waals surface area contributed by atoms with Crippen LogP contribution in [0.25, 0.3) is 10.2 Å². The normalized spacial score (nSPS) is 11.0. The summed E-state index contributed by atoms with van der Waals surface area (Å²) in [5.41, 5.74) is 0.912. The molecule has 1 amide bonds. The molecule has 0 radical (unpaired) electrons. The minimum atomic E-state index is -0.0899.